The van der Waals surface area contributed by atoms with E-state index in [1.165, 1.54) is 6.42 Å². The number of thioether (sulfide) groups is 1. The summed E-state index contributed by atoms with van der Waals surface area (Å²) in [5.41, 5.74) is 1.03. The number of hydrogen-bond acceptors (Lipinski definition) is 3. The molecule has 1 saturated heterocycles. The van der Waals surface area contributed by atoms with Crippen LogP contribution in [-0.2, 0) is 0 Å². The molecule has 2 atom stereocenters. The van der Waals surface area contributed by atoms with E-state index < -0.39 is 6.10 Å². The van der Waals surface area contributed by atoms with E-state index in [0.717, 1.165) is 28.5 Å². The molecular weight excluding hydrogens is 242 g/mol. The SMILES string of the molecule is CC1(C(O)c2cccc3cnccc23)CCCS1. The minimum Gasteiger partial charge on any atom is -0.387 e. The Balaban J connectivity index is 2.08. The van der Waals surface area contributed by atoms with Gasteiger partial charge in [0.1, 0.15) is 0 Å². The van der Waals surface area contributed by atoms with Crippen molar-refractivity contribution in [2.45, 2.75) is 30.6 Å². The smallest absolute Gasteiger partial charge is 0.0939 e. The number of aromatic nitrogens is 1. The molecule has 2 heterocycles. The predicted octanol–water partition coefficient (Wildman–Crippen LogP) is 3.55. The van der Waals surface area contributed by atoms with Gasteiger partial charge in [-0.05, 0) is 42.5 Å². The van der Waals surface area contributed by atoms with Crippen molar-refractivity contribution in [3.05, 3.63) is 42.2 Å². The number of pyridine rings is 1. The van der Waals surface area contributed by atoms with Crippen LogP contribution in [0.4, 0.5) is 0 Å². The van der Waals surface area contributed by atoms with Gasteiger partial charge in [0.05, 0.1) is 6.10 Å². The molecular formula is C15H17NOS. The van der Waals surface area contributed by atoms with Crippen LogP contribution in [0.1, 0.15) is 31.4 Å². The Morgan fingerprint density at radius 1 is 1.39 bits per heavy atom. The summed E-state index contributed by atoms with van der Waals surface area (Å²) in [6, 6.07) is 8.09. The molecule has 3 heteroatoms. The highest BCUT2D eigenvalue weighted by atomic mass is 32.2. The van der Waals surface area contributed by atoms with Crippen LogP contribution in [0.5, 0.6) is 0 Å². The molecule has 0 aliphatic carbocycles. The molecule has 2 aromatic rings. The summed E-state index contributed by atoms with van der Waals surface area (Å²) in [5.74, 6) is 1.15. The maximum absolute atomic E-state index is 10.7. The van der Waals surface area contributed by atoms with E-state index in [2.05, 4.69) is 11.9 Å². The first-order valence-corrected chi connectivity index (χ1v) is 7.34. The zero-order valence-electron chi connectivity index (χ0n) is 10.5. The molecule has 1 aliphatic heterocycles. The molecule has 0 bridgehead atoms. The van der Waals surface area contributed by atoms with Crippen molar-refractivity contribution in [2.75, 3.05) is 5.75 Å². The average molecular weight is 259 g/mol. The number of hydrogen-bond donors (Lipinski definition) is 1. The Hall–Kier alpha value is -1.06. The largest absolute Gasteiger partial charge is 0.387 e. The maximum atomic E-state index is 10.7. The van der Waals surface area contributed by atoms with Crippen molar-refractivity contribution in [3.8, 4) is 0 Å². The van der Waals surface area contributed by atoms with Gasteiger partial charge in [-0.15, -0.1) is 0 Å². The van der Waals surface area contributed by atoms with E-state index in [1.807, 2.05) is 42.2 Å². The van der Waals surface area contributed by atoms with Gasteiger partial charge in [-0.2, -0.15) is 11.8 Å². The van der Waals surface area contributed by atoms with Crippen molar-refractivity contribution >= 4 is 22.5 Å². The quantitative estimate of drug-likeness (QED) is 0.895. The lowest BCUT2D eigenvalue weighted by molar-refractivity contribution is 0.136. The highest BCUT2D eigenvalue weighted by Crippen LogP contribution is 2.47. The molecule has 0 spiro atoms. The number of rotatable bonds is 2. The first-order valence-electron chi connectivity index (χ1n) is 6.35. The Labute approximate surface area is 111 Å². The summed E-state index contributed by atoms with van der Waals surface area (Å²) in [5, 5.41) is 13.0. The van der Waals surface area contributed by atoms with Crippen LogP contribution in [0.2, 0.25) is 0 Å². The van der Waals surface area contributed by atoms with Gasteiger partial charge in [-0.25, -0.2) is 0 Å². The first-order chi connectivity index (χ1) is 8.71. The van der Waals surface area contributed by atoms with Gasteiger partial charge in [0.15, 0.2) is 0 Å². The Kier molecular flexibility index (Phi) is 3.04. The van der Waals surface area contributed by atoms with E-state index in [0.29, 0.717) is 0 Å². The number of nitrogens with zero attached hydrogens (tertiary/aromatic N) is 1. The molecule has 2 unspecified atom stereocenters. The molecule has 0 radical (unpaired) electrons. The molecule has 3 rings (SSSR count). The highest BCUT2D eigenvalue weighted by Gasteiger charge is 2.38. The van der Waals surface area contributed by atoms with Gasteiger partial charge in [0, 0.05) is 22.5 Å². The predicted molar refractivity (Wildman–Crippen MR) is 76.8 cm³/mol. The summed E-state index contributed by atoms with van der Waals surface area (Å²) in [4.78, 5) is 4.14. The van der Waals surface area contributed by atoms with Crippen molar-refractivity contribution in [1.82, 2.24) is 4.98 Å². The molecule has 1 aromatic carbocycles. The number of fused-ring (bicyclic) bond motifs is 1. The molecule has 2 nitrogen and oxygen atoms in total. The van der Waals surface area contributed by atoms with E-state index in [4.69, 9.17) is 0 Å². The van der Waals surface area contributed by atoms with E-state index >= 15 is 0 Å². The summed E-state index contributed by atoms with van der Waals surface area (Å²) < 4.78 is -0.0441. The summed E-state index contributed by atoms with van der Waals surface area (Å²) in [6.45, 7) is 2.18. The summed E-state index contributed by atoms with van der Waals surface area (Å²) >= 11 is 1.89. The molecule has 0 saturated carbocycles. The lowest BCUT2D eigenvalue weighted by atomic mass is 9.90. The number of aliphatic hydroxyl groups is 1. The fraction of sp³-hybridized carbons (Fsp3) is 0.400. The number of benzene rings is 1. The van der Waals surface area contributed by atoms with Crippen molar-refractivity contribution in [3.63, 3.8) is 0 Å². The third-order valence-electron chi connectivity index (χ3n) is 3.84. The topological polar surface area (TPSA) is 33.1 Å². The monoisotopic (exact) mass is 259 g/mol. The summed E-state index contributed by atoms with van der Waals surface area (Å²) in [6.07, 6.45) is 5.53. The first kappa shape index (κ1) is 12.0. The van der Waals surface area contributed by atoms with Gasteiger partial charge >= 0.3 is 0 Å². The molecule has 94 valence electrons. The van der Waals surface area contributed by atoms with Crippen LogP contribution in [-0.4, -0.2) is 20.6 Å². The fourth-order valence-corrected chi connectivity index (χ4v) is 4.06. The van der Waals surface area contributed by atoms with Gasteiger partial charge in [-0.3, -0.25) is 4.98 Å². The second-order valence-corrected chi connectivity index (χ2v) is 6.74. The molecule has 1 N–H and O–H groups in total. The lowest BCUT2D eigenvalue weighted by Gasteiger charge is -2.30. The minimum atomic E-state index is -0.406. The Morgan fingerprint density at radius 2 is 2.28 bits per heavy atom. The van der Waals surface area contributed by atoms with Crippen LogP contribution < -0.4 is 0 Å². The van der Waals surface area contributed by atoms with Crippen molar-refractivity contribution in [2.24, 2.45) is 0 Å². The van der Waals surface area contributed by atoms with Crippen molar-refractivity contribution < 1.29 is 5.11 Å². The third kappa shape index (κ3) is 1.91. The second-order valence-electron chi connectivity index (χ2n) is 5.11. The summed E-state index contributed by atoms with van der Waals surface area (Å²) in [7, 11) is 0. The highest BCUT2D eigenvalue weighted by molar-refractivity contribution is 8.00. The zero-order chi connectivity index (χ0) is 12.6. The minimum absolute atomic E-state index is 0.0441. The van der Waals surface area contributed by atoms with Crippen LogP contribution in [0.3, 0.4) is 0 Å². The Morgan fingerprint density at radius 3 is 3.06 bits per heavy atom. The van der Waals surface area contributed by atoms with Crippen LogP contribution >= 0.6 is 11.8 Å². The maximum Gasteiger partial charge on any atom is 0.0939 e. The standard InChI is InChI=1S/C15H17NOS/c1-15(7-3-9-18-15)14(17)13-5-2-4-11-10-16-8-6-12(11)13/h2,4-6,8,10,14,17H,3,7,9H2,1H3. The van der Waals surface area contributed by atoms with E-state index in [9.17, 15) is 5.11 Å². The van der Waals surface area contributed by atoms with Gasteiger partial charge in [-0.1, -0.05) is 18.2 Å². The van der Waals surface area contributed by atoms with Gasteiger partial charge < -0.3 is 5.11 Å². The van der Waals surface area contributed by atoms with Gasteiger partial charge in [0.2, 0.25) is 0 Å². The molecule has 1 fully saturated rings. The third-order valence-corrected chi connectivity index (χ3v) is 5.42. The molecule has 1 aliphatic rings. The Bertz CT molecular complexity index is 558. The molecule has 0 amide bonds. The second kappa shape index (κ2) is 4.56. The van der Waals surface area contributed by atoms with Crippen LogP contribution in [0.25, 0.3) is 10.8 Å². The molecule has 1 aromatic heterocycles. The molecule has 18 heavy (non-hydrogen) atoms. The van der Waals surface area contributed by atoms with Gasteiger partial charge in [0.25, 0.3) is 0 Å². The van der Waals surface area contributed by atoms with Crippen LogP contribution in [0.15, 0.2) is 36.7 Å². The fourth-order valence-electron chi connectivity index (χ4n) is 2.73. The van der Waals surface area contributed by atoms with Crippen LogP contribution in [0, 0.1) is 0 Å². The zero-order valence-corrected chi connectivity index (χ0v) is 11.3. The average Bonchev–Trinajstić information content (AvgIpc) is 2.85. The normalized spacial score (nSPS) is 25.4. The lowest BCUT2D eigenvalue weighted by Crippen LogP contribution is -2.26. The van der Waals surface area contributed by atoms with Crippen molar-refractivity contribution in [1.29, 1.82) is 0 Å². The number of aliphatic hydroxyl groups excluding tert-OH is 1. The van der Waals surface area contributed by atoms with E-state index in [1.54, 1.807) is 6.20 Å². The van der Waals surface area contributed by atoms with E-state index in [-0.39, 0.29) is 4.75 Å².